The Morgan fingerprint density at radius 1 is 1.43 bits per heavy atom. The van der Waals surface area contributed by atoms with Crippen molar-refractivity contribution in [3.05, 3.63) is 35.1 Å². The summed E-state index contributed by atoms with van der Waals surface area (Å²) in [6.07, 6.45) is -0.480. The Morgan fingerprint density at radius 2 is 2.14 bits per heavy atom. The van der Waals surface area contributed by atoms with Crippen molar-refractivity contribution in [3.8, 4) is 0 Å². The molecule has 1 aliphatic rings. The second kappa shape index (κ2) is 5.90. The Bertz CT molecular complexity index is 582. The fraction of sp³-hybridized carbons (Fsp3) is 0.357. The molecule has 7 heteroatoms. The SMILES string of the molecule is Cc1cc(F)cc(C(=O)N2CCNC(=O)C2CC(=O)O)c1. The lowest BCUT2D eigenvalue weighted by atomic mass is 10.1. The van der Waals surface area contributed by atoms with Crippen LogP contribution in [0.5, 0.6) is 0 Å². The van der Waals surface area contributed by atoms with Gasteiger partial charge in [0.15, 0.2) is 0 Å². The molecule has 0 radical (unpaired) electrons. The highest BCUT2D eigenvalue weighted by Gasteiger charge is 2.35. The minimum absolute atomic E-state index is 0.109. The van der Waals surface area contributed by atoms with Crippen molar-refractivity contribution >= 4 is 17.8 Å². The van der Waals surface area contributed by atoms with Gasteiger partial charge in [0.25, 0.3) is 5.91 Å². The molecule has 0 bridgehead atoms. The summed E-state index contributed by atoms with van der Waals surface area (Å²) in [6, 6.07) is 2.80. The van der Waals surface area contributed by atoms with Crippen LogP contribution in [0.15, 0.2) is 18.2 Å². The summed E-state index contributed by atoms with van der Waals surface area (Å²) in [7, 11) is 0. The fourth-order valence-corrected chi connectivity index (χ4v) is 2.35. The van der Waals surface area contributed by atoms with E-state index in [4.69, 9.17) is 5.11 Å². The first-order chi connectivity index (χ1) is 9.88. The van der Waals surface area contributed by atoms with Gasteiger partial charge < -0.3 is 15.3 Å². The number of amides is 2. The Labute approximate surface area is 120 Å². The first-order valence-electron chi connectivity index (χ1n) is 6.46. The van der Waals surface area contributed by atoms with Crippen molar-refractivity contribution in [2.75, 3.05) is 13.1 Å². The number of aliphatic carboxylic acids is 1. The highest BCUT2D eigenvalue weighted by molar-refractivity contribution is 5.99. The predicted molar refractivity (Wildman–Crippen MR) is 71.2 cm³/mol. The zero-order chi connectivity index (χ0) is 15.6. The quantitative estimate of drug-likeness (QED) is 0.852. The maximum atomic E-state index is 13.4. The lowest BCUT2D eigenvalue weighted by molar-refractivity contribution is -0.142. The molecule has 2 N–H and O–H groups in total. The number of hydrogen-bond acceptors (Lipinski definition) is 3. The summed E-state index contributed by atoms with van der Waals surface area (Å²) < 4.78 is 13.4. The minimum Gasteiger partial charge on any atom is -0.481 e. The van der Waals surface area contributed by atoms with E-state index in [1.165, 1.54) is 17.0 Å². The van der Waals surface area contributed by atoms with Crippen LogP contribution in [0, 0.1) is 12.7 Å². The third-order valence-electron chi connectivity index (χ3n) is 3.25. The highest BCUT2D eigenvalue weighted by atomic mass is 19.1. The van der Waals surface area contributed by atoms with Gasteiger partial charge in [-0.15, -0.1) is 0 Å². The summed E-state index contributed by atoms with van der Waals surface area (Å²) in [5, 5.41) is 11.4. The van der Waals surface area contributed by atoms with E-state index in [-0.39, 0.29) is 18.7 Å². The second-order valence-electron chi connectivity index (χ2n) is 4.92. The van der Waals surface area contributed by atoms with Gasteiger partial charge in [-0.05, 0) is 30.7 Å². The standard InChI is InChI=1S/C14H15FN2O4/c1-8-4-9(6-10(15)5-8)14(21)17-3-2-16-13(20)11(17)7-12(18)19/h4-6,11H,2-3,7H2,1H3,(H,16,20)(H,18,19). The summed E-state index contributed by atoms with van der Waals surface area (Å²) in [4.78, 5) is 36.2. The third-order valence-corrected chi connectivity index (χ3v) is 3.25. The van der Waals surface area contributed by atoms with E-state index in [1.807, 2.05) is 0 Å². The molecule has 21 heavy (non-hydrogen) atoms. The number of carbonyl (C=O) groups excluding carboxylic acids is 2. The van der Waals surface area contributed by atoms with Crippen LogP contribution in [0.2, 0.25) is 0 Å². The summed E-state index contributed by atoms with van der Waals surface area (Å²) in [5.74, 6) is -2.77. The summed E-state index contributed by atoms with van der Waals surface area (Å²) in [6.45, 7) is 2.09. The number of aryl methyl sites for hydroxylation is 1. The molecule has 0 spiro atoms. The van der Waals surface area contributed by atoms with Crippen molar-refractivity contribution in [3.63, 3.8) is 0 Å². The number of carboxylic acid groups (broad SMARTS) is 1. The van der Waals surface area contributed by atoms with Crippen molar-refractivity contribution < 1.29 is 23.9 Å². The number of nitrogens with zero attached hydrogens (tertiary/aromatic N) is 1. The molecule has 2 rings (SSSR count). The number of piperazine rings is 1. The molecule has 2 amide bonds. The van der Waals surface area contributed by atoms with Crippen molar-refractivity contribution in [2.24, 2.45) is 0 Å². The highest BCUT2D eigenvalue weighted by Crippen LogP contribution is 2.16. The van der Waals surface area contributed by atoms with Crippen LogP contribution >= 0.6 is 0 Å². The van der Waals surface area contributed by atoms with Gasteiger partial charge in [-0.1, -0.05) is 0 Å². The first-order valence-corrected chi connectivity index (χ1v) is 6.46. The van der Waals surface area contributed by atoms with Crippen LogP contribution in [0.25, 0.3) is 0 Å². The molecule has 0 saturated carbocycles. The number of rotatable bonds is 3. The van der Waals surface area contributed by atoms with Crippen LogP contribution in [0.4, 0.5) is 4.39 Å². The predicted octanol–water partition coefficient (Wildman–Crippen LogP) is 0.549. The topological polar surface area (TPSA) is 86.7 Å². The van der Waals surface area contributed by atoms with Crippen LogP contribution in [-0.2, 0) is 9.59 Å². The molecule has 1 atom stereocenters. The van der Waals surface area contributed by atoms with E-state index in [9.17, 15) is 18.8 Å². The minimum atomic E-state index is -1.18. The molecule has 1 heterocycles. The van der Waals surface area contributed by atoms with Gasteiger partial charge >= 0.3 is 5.97 Å². The van der Waals surface area contributed by atoms with Crippen molar-refractivity contribution in [2.45, 2.75) is 19.4 Å². The average molecular weight is 294 g/mol. The smallest absolute Gasteiger partial charge is 0.305 e. The van der Waals surface area contributed by atoms with E-state index in [2.05, 4.69) is 5.32 Å². The van der Waals surface area contributed by atoms with Gasteiger partial charge in [0.1, 0.15) is 11.9 Å². The molecule has 1 unspecified atom stereocenters. The fourth-order valence-electron chi connectivity index (χ4n) is 2.35. The third kappa shape index (κ3) is 3.36. The van der Waals surface area contributed by atoms with Gasteiger partial charge in [0.05, 0.1) is 6.42 Å². The van der Waals surface area contributed by atoms with Gasteiger partial charge in [0.2, 0.25) is 5.91 Å². The van der Waals surface area contributed by atoms with Crippen molar-refractivity contribution in [1.82, 2.24) is 10.2 Å². The molecule has 112 valence electrons. The Balaban J connectivity index is 2.30. The Hall–Kier alpha value is -2.44. The lowest BCUT2D eigenvalue weighted by Gasteiger charge is -2.34. The molecule has 1 saturated heterocycles. The summed E-state index contributed by atoms with van der Waals surface area (Å²) in [5.41, 5.74) is 0.687. The number of hydrogen-bond donors (Lipinski definition) is 2. The number of carbonyl (C=O) groups is 3. The largest absolute Gasteiger partial charge is 0.481 e. The first kappa shape index (κ1) is 15.0. The van der Waals surface area contributed by atoms with E-state index in [1.54, 1.807) is 6.92 Å². The van der Waals surface area contributed by atoms with Crippen LogP contribution in [0.3, 0.4) is 0 Å². The molecule has 0 aliphatic carbocycles. The Kier molecular flexibility index (Phi) is 4.21. The number of benzene rings is 1. The van der Waals surface area contributed by atoms with Gasteiger partial charge in [-0.25, -0.2) is 4.39 Å². The molecular formula is C14H15FN2O4. The number of nitrogens with one attached hydrogen (secondary N) is 1. The summed E-state index contributed by atoms with van der Waals surface area (Å²) >= 11 is 0. The lowest BCUT2D eigenvalue weighted by Crippen LogP contribution is -2.57. The molecule has 1 aliphatic heterocycles. The zero-order valence-electron chi connectivity index (χ0n) is 11.4. The van der Waals surface area contributed by atoms with E-state index < -0.39 is 36.1 Å². The number of carboxylic acids is 1. The molecule has 1 aromatic carbocycles. The Morgan fingerprint density at radius 3 is 2.76 bits per heavy atom. The van der Waals surface area contributed by atoms with E-state index in [0.29, 0.717) is 5.56 Å². The monoisotopic (exact) mass is 294 g/mol. The van der Waals surface area contributed by atoms with Crippen LogP contribution < -0.4 is 5.32 Å². The van der Waals surface area contributed by atoms with E-state index >= 15 is 0 Å². The normalized spacial score (nSPS) is 18.3. The molecular weight excluding hydrogens is 279 g/mol. The van der Waals surface area contributed by atoms with Gasteiger partial charge in [0, 0.05) is 18.7 Å². The maximum absolute atomic E-state index is 13.4. The van der Waals surface area contributed by atoms with Gasteiger partial charge in [-0.2, -0.15) is 0 Å². The number of halogens is 1. The molecule has 6 nitrogen and oxygen atoms in total. The van der Waals surface area contributed by atoms with Crippen molar-refractivity contribution in [1.29, 1.82) is 0 Å². The van der Waals surface area contributed by atoms with Gasteiger partial charge in [-0.3, -0.25) is 14.4 Å². The molecule has 0 aromatic heterocycles. The van der Waals surface area contributed by atoms with Crippen LogP contribution in [0.1, 0.15) is 22.3 Å². The average Bonchev–Trinajstić information content (AvgIpc) is 2.38. The second-order valence-corrected chi connectivity index (χ2v) is 4.92. The zero-order valence-corrected chi connectivity index (χ0v) is 11.4. The molecule has 1 aromatic rings. The van der Waals surface area contributed by atoms with E-state index in [0.717, 1.165) is 6.07 Å². The molecule has 1 fully saturated rings. The maximum Gasteiger partial charge on any atom is 0.305 e. The van der Waals surface area contributed by atoms with Crippen LogP contribution in [-0.4, -0.2) is 46.9 Å².